The summed E-state index contributed by atoms with van der Waals surface area (Å²) in [6.07, 6.45) is 1.95. The summed E-state index contributed by atoms with van der Waals surface area (Å²) in [6, 6.07) is 15.9. The predicted molar refractivity (Wildman–Crippen MR) is 108 cm³/mol. The average molecular weight is 368 g/mol. The van der Waals surface area contributed by atoms with Crippen LogP contribution in [0.5, 0.6) is 0 Å². The van der Waals surface area contributed by atoms with Crippen molar-refractivity contribution in [1.29, 1.82) is 0 Å². The molecule has 0 radical (unpaired) electrons. The van der Waals surface area contributed by atoms with Crippen molar-refractivity contribution < 1.29 is 4.79 Å². The molecule has 0 saturated carbocycles. The van der Waals surface area contributed by atoms with Gasteiger partial charge in [0.2, 0.25) is 5.91 Å². The van der Waals surface area contributed by atoms with Crippen LogP contribution in [-0.2, 0) is 4.79 Å². The van der Waals surface area contributed by atoms with Crippen LogP contribution < -0.4 is 16.4 Å². The molecule has 3 atom stereocenters. The van der Waals surface area contributed by atoms with Gasteiger partial charge in [0.05, 0.1) is 12.0 Å². The molecule has 2 aromatic rings. The van der Waals surface area contributed by atoms with E-state index in [2.05, 4.69) is 22.8 Å². The maximum absolute atomic E-state index is 13.0. The van der Waals surface area contributed by atoms with Gasteiger partial charge in [-0.25, -0.2) is 0 Å². The third-order valence-electron chi connectivity index (χ3n) is 5.37. The highest BCUT2D eigenvalue weighted by molar-refractivity contribution is 8.00. The second kappa shape index (κ2) is 7.72. The zero-order valence-electron chi connectivity index (χ0n) is 14.8. The summed E-state index contributed by atoms with van der Waals surface area (Å²) in [5, 5.41) is 7.28. The monoisotopic (exact) mass is 367 g/mol. The van der Waals surface area contributed by atoms with Crippen molar-refractivity contribution in [2.24, 2.45) is 0 Å². The van der Waals surface area contributed by atoms with Gasteiger partial charge in [0.1, 0.15) is 0 Å². The largest absolute Gasteiger partial charge is 0.398 e. The summed E-state index contributed by atoms with van der Waals surface area (Å²) in [5.74, 6) is 1.20. The Morgan fingerprint density at radius 3 is 2.46 bits per heavy atom. The van der Waals surface area contributed by atoms with Crippen LogP contribution in [0.2, 0.25) is 0 Å². The third kappa shape index (κ3) is 3.46. The summed E-state index contributed by atoms with van der Waals surface area (Å²) in [4.78, 5) is 13.0. The minimum Gasteiger partial charge on any atom is -0.398 e. The highest BCUT2D eigenvalue weighted by Crippen LogP contribution is 2.39. The molecule has 0 aromatic heterocycles. The molecule has 2 heterocycles. The molecule has 0 spiro atoms. The van der Waals surface area contributed by atoms with Crippen molar-refractivity contribution in [3.8, 4) is 0 Å². The minimum absolute atomic E-state index is 0.0742. The van der Waals surface area contributed by atoms with Gasteiger partial charge in [-0.15, -0.1) is 0 Å². The molecule has 5 heteroatoms. The number of benzene rings is 2. The van der Waals surface area contributed by atoms with Gasteiger partial charge in [-0.1, -0.05) is 42.5 Å². The number of thioether (sulfide) groups is 1. The molecule has 26 heavy (non-hydrogen) atoms. The van der Waals surface area contributed by atoms with Crippen LogP contribution in [0.4, 0.5) is 5.69 Å². The van der Waals surface area contributed by atoms with Gasteiger partial charge in [-0.3, -0.25) is 4.79 Å². The van der Waals surface area contributed by atoms with Gasteiger partial charge in [-0.2, -0.15) is 11.8 Å². The van der Waals surface area contributed by atoms with Crippen LogP contribution in [0.25, 0.3) is 0 Å². The molecular weight excluding hydrogens is 342 g/mol. The number of rotatable bonds is 4. The number of amides is 1. The zero-order chi connectivity index (χ0) is 17.9. The molecule has 136 valence electrons. The van der Waals surface area contributed by atoms with Crippen molar-refractivity contribution in [2.45, 2.75) is 30.1 Å². The Hall–Kier alpha value is -1.98. The molecule has 2 aliphatic rings. The molecule has 1 fully saturated rings. The maximum Gasteiger partial charge on any atom is 0.228 e. The van der Waals surface area contributed by atoms with Crippen molar-refractivity contribution >= 4 is 23.4 Å². The van der Waals surface area contributed by atoms with E-state index in [-0.39, 0.29) is 17.9 Å². The fraction of sp³-hybridized carbons (Fsp3) is 0.381. The van der Waals surface area contributed by atoms with Crippen molar-refractivity contribution in [3.63, 3.8) is 0 Å². The highest BCUT2D eigenvalue weighted by Gasteiger charge is 2.34. The van der Waals surface area contributed by atoms with Crippen molar-refractivity contribution in [2.75, 3.05) is 24.6 Å². The summed E-state index contributed by atoms with van der Waals surface area (Å²) < 4.78 is 0. The maximum atomic E-state index is 13.0. The SMILES string of the molecule is Nc1ccccc1C1NC(=O)C(CCC2CNCCS2)c2ccccc21. The quantitative estimate of drug-likeness (QED) is 0.727. The summed E-state index contributed by atoms with van der Waals surface area (Å²) in [6.45, 7) is 2.14. The number of nitrogens with one attached hydrogen (secondary N) is 2. The second-order valence-electron chi connectivity index (χ2n) is 7.03. The molecule has 0 aliphatic carbocycles. The number of nitrogen functional groups attached to an aromatic ring is 1. The number of fused-ring (bicyclic) bond motifs is 1. The molecule has 2 aromatic carbocycles. The Bertz CT molecular complexity index is 788. The van der Waals surface area contributed by atoms with Crippen molar-refractivity contribution in [1.82, 2.24) is 10.6 Å². The number of nitrogens with two attached hydrogens (primary N) is 1. The van der Waals surface area contributed by atoms with Crippen molar-refractivity contribution in [3.05, 3.63) is 65.2 Å². The van der Waals surface area contributed by atoms with E-state index in [0.717, 1.165) is 48.5 Å². The molecule has 3 unspecified atom stereocenters. The fourth-order valence-electron chi connectivity index (χ4n) is 4.02. The normalized spacial score (nSPS) is 25.4. The summed E-state index contributed by atoms with van der Waals surface area (Å²) >= 11 is 2.02. The van der Waals surface area contributed by atoms with Crippen LogP contribution in [0, 0.1) is 0 Å². The third-order valence-corrected chi connectivity index (χ3v) is 6.69. The molecule has 0 bridgehead atoms. The van der Waals surface area contributed by atoms with E-state index in [0.29, 0.717) is 5.25 Å². The van der Waals surface area contributed by atoms with E-state index in [4.69, 9.17) is 5.73 Å². The van der Waals surface area contributed by atoms with E-state index < -0.39 is 0 Å². The lowest BCUT2D eigenvalue weighted by Crippen LogP contribution is -2.40. The van der Waals surface area contributed by atoms with Gasteiger partial charge in [-0.05, 0) is 30.0 Å². The average Bonchev–Trinajstić information content (AvgIpc) is 2.68. The van der Waals surface area contributed by atoms with Crippen LogP contribution >= 0.6 is 11.8 Å². The number of carbonyl (C=O) groups excluding carboxylic acids is 1. The Morgan fingerprint density at radius 1 is 1.00 bits per heavy atom. The Labute approximate surface area is 158 Å². The van der Waals surface area contributed by atoms with Crippen LogP contribution in [-0.4, -0.2) is 30.0 Å². The molecular formula is C21H25N3OS. The number of para-hydroxylation sites is 1. The van der Waals surface area contributed by atoms with E-state index in [1.54, 1.807) is 0 Å². The first-order valence-corrected chi connectivity index (χ1v) is 10.3. The van der Waals surface area contributed by atoms with Gasteiger partial charge < -0.3 is 16.4 Å². The fourth-order valence-corrected chi connectivity index (χ4v) is 5.15. The van der Waals surface area contributed by atoms with Gasteiger partial charge in [0.15, 0.2) is 0 Å². The number of carbonyl (C=O) groups is 1. The van der Waals surface area contributed by atoms with E-state index in [1.165, 1.54) is 5.56 Å². The first kappa shape index (κ1) is 17.4. The molecule has 1 saturated heterocycles. The Kier molecular flexibility index (Phi) is 5.18. The number of anilines is 1. The standard InChI is InChI=1S/C21H25N3OS/c22-19-8-4-3-7-18(19)20-16-6-2-1-5-15(16)17(21(25)24-20)10-9-14-13-23-11-12-26-14/h1-8,14,17,20,23H,9-13,22H2,(H,24,25). The topological polar surface area (TPSA) is 67.1 Å². The van der Waals surface area contributed by atoms with Gasteiger partial charge in [0, 0.05) is 35.3 Å². The highest BCUT2D eigenvalue weighted by atomic mass is 32.2. The number of hydrogen-bond acceptors (Lipinski definition) is 4. The first-order chi connectivity index (χ1) is 12.7. The van der Waals surface area contributed by atoms with Crippen LogP contribution in [0.3, 0.4) is 0 Å². The number of hydrogen-bond donors (Lipinski definition) is 3. The smallest absolute Gasteiger partial charge is 0.228 e. The lowest BCUT2D eigenvalue weighted by molar-refractivity contribution is -0.123. The van der Waals surface area contributed by atoms with Crippen LogP contribution in [0.1, 0.15) is 41.5 Å². The zero-order valence-corrected chi connectivity index (χ0v) is 15.6. The Morgan fingerprint density at radius 2 is 1.73 bits per heavy atom. The molecule has 2 aliphatic heterocycles. The molecule has 4 nitrogen and oxygen atoms in total. The van der Waals surface area contributed by atoms with E-state index in [9.17, 15) is 4.79 Å². The van der Waals surface area contributed by atoms with Gasteiger partial charge >= 0.3 is 0 Å². The molecule has 1 amide bonds. The van der Waals surface area contributed by atoms with Gasteiger partial charge in [0.25, 0.3) is 0 Å². The second-order valence-corrected chi connectivity index (χ2v) is 8.43. The minimum atomic E-state index is -0.165. The summed E-state index contributed by atoms with van der Waals surface area (Å²) in [7, 11) is 0. The first-order valence-electron chi connectivity index (χ1n) is 9.30. The summed E-state index contributed by atoms with van der Waals surface area (Å²) in [5.41, 5.74) is 10.2. The van der Waals surface area contributed by atoms with E-state index in [1.807, 2.05) is 48.2 Å². The van der Waals surface area contributed by atoms with E-state index >= 15 is 0 Å². The van der Waals surface area contributed by atoms with Crippen LogP contribution in [0.15, 0.2) is 48.5 Å². The lowest BCUT2D eigenvalue weighted by Gasteiger charge is -2.33. The Balaban J connectivity index is 1.60. The lowest BCUT2D eigenvalue weighted by atomic mass is 9.81. The predicted octanol–water partition coefficient (Wildman–Crippen LogP) is 3.06. The molecule has 4 rings (SSSR count). The molecule has 4 N–H and O–H groups in total.